The lowest BCUT2D eigenvalue weighted by atomic mass is 9.94. The van der Waals surface area contributed by atoms with Crippen LogP contribution in [0.2, 0.25) is 0 Å². The fourth-order valence-corrected chi connectivity index (χ4v) is 1.59. The number of rotatable bonds is 1. The highest BCUT2D eigenvalue weighted by Crippen LogP contribution is 2.20. The first-order valence-corrected chi connectivity index (χ1v) is 4.32. The molecule has 2 heteroatoms. The second kappa shape index (κ2) is 3.21. The van der Waals surface area contributed by atoms with Gasteiger partial charge in [-0.25, -0.2) is 0 Å². The predicted molar refractivity (Wildman–Crippen MR) is 53.9 cm³/mol. The molecule has 1 amide bonds. The van der Waals surface area contributed by atoms with Gasteiger partial charge in [-0.3, -0.25) is 4.79 Å². The third-order valence-electron chi connectivity index (χ3n) is 2.61. The topological polar surface area (TPSA) is 43.1 Å². The molecule has 0 aliphatic rings. The average molecular weight is 177 g/mol. The molecule has 13 heavy (non-hydrogen) atoms. The van der Waals surface area contributed by atoms with Gasteiger partial charge >= 0.3 is 0 Å². The minimum Gasteiger partial charge on any atom is -0.366 e. The molecule has 0 bridgehead atoms. The fourth-order valence-electron chi connectivity index (χ4n) is 1.59. The summed E-state index contributed by atoms with van der Waals surface area (Å²) in [7, 11) is 0. The second-order valence-corrected chi connectivity index (χ2v) is 3.50. The molecule has 0 aliphatic heterocycles. The van der Waals surface area contributed by atoms with Crippen molar-refractivity contribution in [3.05, 3.63) is 33.9 Å². The molecule has 0 spiro atoms. The number of nitrogens with two attached hydrogens (primary N) is 1. The van der Waals surface area contributed by atoms with Crippen molar-refractivity contribution in [3.63, 3.8) is 0 Å². The van der Waals surface area contributed by atoms with Crippen molar-refractivity contribution < 1.29 is 4.79 Å². The molecular formula is C11H15NO. The Labute approximate surface area is 78.8 Å². The highest BCUT2D eigenvalue weighted by atomic mass is 16.1. The molecule has 0 saturated carbocycles. The van der Waals surface area contributed by atoms with Gasteiger partial charge in [0.15, 0.2) is 0 Å². The number of carbonyl (C=O) groups excluding carboxylic acids is 1. The Balaban J connectivity index is 3.56. The molecule has 0 aliphatic carbocycles. The molecule has 1 aromatic rings. The molecule has 0 aromatic heterocycles. The largest absolute Gasteiger partial charge is 0.366 e. The van der Waals surface area contributed by atoms with Gasteiger partial charge in [0.25, 0.3) is 0 Å². The van der Waals surface area contributed by atoms with Crippen LogP contribution in [0.15, 0.2) is 6.07 Å². The molecule has 0 saturated heterocycles. The van der Waals surface area contributed by atoms with Crippen LogP contribution in [0.1, 0.15) is 32.6 Å². The van der Waals surface area contributed by atoms with Gasteiger partial charge in [-0.2, -0.15) is 0 Å². The quantitative estimate of drug-likeness (QED) is 0.700. The molecule has 0 atom stereocenters. The van der Waals surface area contributed by atoms with Crippen LogP contribution < -0.4 is 5.73 Å². The SMILES string of the molecule is Cc1cc(C)c(C)c(C(N)=O)c1C. The maximum absolute atomic E-state index is 11.2. The van der Waals surface area contributed by atoms with Gasteiger partial charge in [0.1, 0.15) is 0 Å². The highest BCUT2D eigenvalue weighted by Gasteiger charge is 2.12. The van der Waals surface area contributed by atoms with E-state index in [1.165, 1.54) is 0 Å². The van der Waals surface area contributed by atoms with Crippen LogP contribution in [0.5, 0.6) is 0 Å². The lowest BCUT2D eigenvalue weighted by Crippen LogP contribution is -2.16. The van der Waals surface area contributed by atoms with Gasteiger partial charge in [0.05, 0.1) is 0 Å². The molecule has 0 fully saturated rings. The van der Waals surface area contributed by atoms with Gasteiger partial charge in [-0.15, -0.1) is 0 Å². The minimum absolute atomic E-state index is 0.332. The van der Waals surface area contributed by atoms with Gasteiger partial charge in [0.2, 0.25) is 5.91 Å². The number of primary amides is 1. The Morgan fingerprint density at radius 2 is 1.46 bits per heavy atom. The van der Waals surface area contributed by atoms with Gasteiger partial charge in [-0.1, -0.05) is 6.07 Å². The number of carbonyl (C=O) groups is 1. The molecule has 1 aromatic carbocycles. The van der Waals surface area contributed by atoms with E-state index in [0.29, 0.717) is 5.56 Å². The summed E-state index contributed by atoms with van der Waals surface area (Å²) in [6, 6.07) is 2.08. The smallest absolute Gasteiger partial charge is 0.249 e. The first-order chi connectivity index (χ1) is 5.95. The summed E-state index contributed by atoms with van der Waals surface area (Å²) in [5.41, 5.74) is 10.2. The van der Waals surface area contributed by atoms with Crippen molar-refractivity contribution in [1.82, 2.24) is 0 Å². The second-order valence-electron chi connectivity index (χ2n) is 3.50. The number of hydrogen-bond acceptors (Lipinski definition) is 1. The monoisotopic (exact) mass is 177 g/mol. The summed E-state index contributed by atoms with van der Waals surface area (Å²) in [4.78, 5) is 11.2. The van der Waals surface area contributed by atoms with E-state index in [9.17, 15) is 4.79 Å². The van der Waals surface area contributed by atoms with E-state index in [-0.39, 0.29) is 5.91 Å². The number of aryl methyl sites for hydroxylation is 2. The molecular weight excluding hydrogens is 162 g/mol. The first kappa shape index (κ1) is 9.78. The summed E-state index contributed by atoms with van der Waals surface area (Å²) in [6.07, 6.45) is 0. The van der Waals surface area contributed by atoms with Crippen molar-refractivity contribution in [1.29, 1.82) is 0 Å². The Hall–Kier alpha value is -1.31. The van der Waals surface area contributed by atoms with Crippen LogP contribution in [0.3, 0.4) is 0 Å². The zero-order valence-electron chi connectivity index (χ0n) is 8.56. The van der Waals surface area contributed by atoms with Gasteiger partial charge in [-0.05, 0) is 49.9 Å². The van der Waals surface area contributed by atoms with Crippen molar-refractivity contribution in [2.75, 3.05) is 0 Å². The number of hydrogen-bond donors (Lipinski definition) is 1. The van der Waals surface area contributed by atoms with Crippen LogP contribution >= 0.6 is 0 Å². The van der Waals surface area contributed by atoms with E-state index < -0.39 is 0 Å². The van der Waals surface area contributed by atoms with Gasteiger partial charge < -0.3 is 5.73 Å². The van der Waals surface area contributed by atoms with E-state index in [0.717, 1.165) is 22.3 Å². The predicted octanol–water partition coefficient (Wildman–Crippen LogP) is 2.02. The molecule has 0 radical (unpaired) electrons. The van der Waals surface area contributed by atoms with Crippen LogP contribution in [0.4, 0.5) is 0 Å². The zero-order valence-corrected chi connectivity index (χ0v) is 8.56. The Kier molecular flexibility index (Phi) is 2.41. The maximum Gasteiger partial charge on any atom is 0.249 e. The maximum atomic E-state index is 11.2. The molecule has 70 valence electrons. The number of amides is 1. The minimum atomic E-state index is -0.332. The zero-order chi connectivity index (χ0) is 10.2. The van der Waals surface area contributed by atoms with Crippen molar-refractivity contribution >= 4 is 5.91 Å². The van der Waals surface area contributed by atoms with Crippen molar-refractivity contribution in [2.45, 2.75) is 27.7 Å². The summed E-state index contributed by atoms with van der Waals surface area (Å²) < 4.78 is 0. The molecule has 2 nitrogen and oxygen atoms in total. The number of benzene rings is 1. The first-order valence-electron chi connectivity index (χ1n) is 4.32. The van der Waals surface area contributed by atoms with E-state index >= 15 is 0 Å². The van der Waals surface area contributed by atoms with Crippen LogP contribution in [0, 0.1) is 27.7 Å². The fraction of sp³-hybridized carbons (Fsp3) is 0.364. The normalized spacial score (nSPS) is 10.2. The van der Waals surface area contributed by atoms with E-state index in [1.54, 1.807) is 0 Å². The Bertz CT molecular complexity index is 341. The van der Waals surface area contributed by atoms with Crippen LogP contribution in [-0.4, -0.2) is 5.91 Å². The van der Waals surface area contributed by atoms with Gasteiger partial charge in [0, 0.05) is 5.56 Å². The summed E-state index contributed by atoms with van der Waals surface area (Å²) >= 11 is 0. The van der Waals surface area contributed by atoms with E-state index in [4.69, 9.17) is 5.73 Å². The van der Waals surface area contributed by atoms with E-state index in [1.807, 2.05) is 27.7 Å². The summed E-state index contributed by atoms with van der Waals surface area (Å²) in [6.45, 7) is 7.85. The molecule has 0 unspecified atom stereocenters. The average Bonchev–Trinajstić information content (AvgIpc) is 2.01. The lowest BCUT2D eigenvalue weighted by Gasteiger charge is -2.11. The third-order valence-corrected chi connectivity index (χ3v) is 2.61. The third kappa shape index (κ3) is 1.57. The van der Waals surface area contributed by atoms with Crippen molar-refractivity contribution in [2.24, 2.45) is 5.73 Å². The lowest BCUT2D eigenvalue weighted by molar-refractivity contribution is 0.0999. The molecule has 1 rings (SSSR count). The van der Waals surface area contributed by atoms with Crippen molar-refractivity contribution in [3.8, 4) is 0 Å². The Morgan fingerprint density at radius 1 is 1.08 bits per heavy atom. The summed E-state index contributed by atoms with van der Waals surface area (Å²) in [5, 5.41) is 0. The standard InChI is InChI=1S/C11H15NO/c1-6-5-7(2)9(4)10(8(6)3)11(12)13/h5H,1-4H3,(H2,12,13). The highest BCUT2D eigenvalue weighted by molar-refractivity contribution is 5.96. The van der Waals surface area contributed by atoms with Crippen LogP contribution in [0.25, 0.3) is 0 Å². The van der Waals surface area contributed by atoms with Crippen LogP contribution in [-0.2, 0) is 0 Å². The summed E-state index contributed by atoms with van der Waals surface area (Å²) in [5.74, 6) is -0.332. The molecule has 0 heterocycles. The molecule has 2 N–H and O–H groups in total. The Morgan fingerprint density at radius 3 is 1.77 bits per heavy atom. The van der Waals surface area contributed by atoms with E-state index in [2.05, 4.69) is 6.07 Å².